The van der Waals surface area contributed by atoms with Gasteiger partial charge in [0.2, 0.25) is 0 Å². The number of hydrogen-bond acceptors (Lipinski definition) is 5. The van der Waals surface area contributed by atoms with E-state index in [1.165, 1.54) is 11.1 Å². The summed E-state index contributed by atoms with van der Waals surface area (Å²) >= 11 is 0. The molecular formula is C19H30N2O4. The molecule has 1 N–H and O–H groups in total. The number of nitrogens with zero attached hydrogens (tertiary/aromatic N) is 1. The van der Waals surface area contributed by atoms with E-state index in [0.29, 0.717) is 6.54 Å². The second-order valence-corrected chi connectivity index (χ2v) is 7.25. The fourth-order valence-electron chi connectivity index (χ4n) is 3.04. The van der Waals surface area contributed by atoms with Gasteiger partial charge in [0, 0.05) is 31.7 Å². The first-order valence-electron chi connectivity index (χ1n) is 8.76. The number of carbonyl (C=O) groups is 1. The van der Waals surface area contributed by atoms with Crippen LogP contribution >= 0.6 is 0 Å². The van der Waals surface area contributed by atoms with Crippen LogP contribution in [0.15, 0.2) is 12.1 Å². The number of carbonyl (C=O) groups excluding carboxylic acids is 1. The lowest BCUT2D eigenvalue weighted by molar-refractivity contribution is 0.0525. The van der Waals surface area contributed by atoms with Crippen LogP contribution in [0.25, 0.3) is 0 Å². The minimum Gasteiger partial charge on any atom is -0.493 e. The molecule has 0 spiro atoms. The summed E-state index contributed by atoms with van der Waals surface area (Å²) in [6.45, 7) is 9.00. The number of alkyl carbamates (subject to hydrolysis) is 1. The number of ether oxygens (including phenoxy) is 3. The van der Waals surface area contributed by atoms with Crippen molar-refractivity contribution in [3.05, 3.63) is 23.3 Å². The van der Waals surface area contributed by atoms with Gasteiger partial charge < -0.3 is 19.5 Å². The van der Waals surface area contributed by atoms with E-state index in [1.807, 2.05) is 26.8 Å². The smallest absolute Gasteiger partial charge is 0.407 e. The van der Waals surface area contributed by atoms with Crippen molar-refractivity contribution in [1.29, 1.82) is 0 Å². The van der Waals surface area contributed by atoms with Gasteiger partial charge in [-0.1, -0.05) is 6.07 Å². The van der Waals surface area contributed by atoms with Crippen LogP contribution in [0.3, 0.4) is 0 Å². The van der Waals surface area contributed by atoms with Crippen LogP contribution in [0.2, 0.25) is 0 Å². The van der Waals surface area contributed by atoms with Gasteiger partial charge in [-0.2, -0.15) is 0 Å². The van der Waals surface area contributed by atoms with E-state index >= 15 is 0 Å². The van der Waals surface area contributed by atoms with E-state index < -0.39 is 5.60 Å². The maximum atomic E-state index is 11.6. The van der Waals surface area contributed by atoms with Crippen LogP contribution < -0.4 is 14.8 Å². The Morgan fingerprint density at radius 3 is 2.64 bits per heavy atom. The molecular weight excluding hydrogens is 320 g/mol. The highest BCUT2D eigenvalue weighted by molar-refractivity contribution is 5.67. The number of fused-ring (bicyclic) bond motifs is 1. The van der Waals surface area contributed by atoms with Gasteiger partial charge in [-0.3, -0.25) is 4.90 Å². The first-order valence-corrected chi connectivity index (χ1v) is 8.76. The van der Waals surface area contributed by atoms with Crippen LogP contribution in [0.1, 0.15) is 38.3 Å². The Labute approximate surface area is 150 Å². The summed E-state index contributed by atoms with van der Waals surface area (Å²) in [6, 6.07) is 4.08. The molecule has 1 aliphatic heterocycles. The lowest BCUT2D eigenvalue weighted by atomic mass is 9.98. The SMILES string of the molecule is COc1ccc2c(c1OC)CCN(CCCNC(=O)OC(C)(C)C)C2. The third-order valence-corrected chi connectivity index (χ3v) is 4.14. The molecule has 0 saturated carbocycles. The average Bonchev–Trinajstić information content (AvgIpc) is 2.55. The summed E-state index contributed by atoms with van der Waals surface area (Å²) in [6.07, 6.45) is 1.48. The second kappa shape index (κ2) is 8.43. The molecule has 0 bridgehead atoms. The van der Waals surface area contributed by atoms with Crippen LogP contribution in [0, 0.1) is 0 Å². The van der Waals surface area contributed by atoms with Gasteiger partial charge in [0.05, 0.1) is 14.2 Å². The highest BCUT2D eigenvalue weighted by Crippen LogP contribution is 2.36. The van der Waals surface area contributed by atoms with Gasteiger partial charge in [0.1, 0.15) is 5.60 Å². The number of amides is 1. The molecule has 140 valence electrons. The molecule has 1 heterocycles. The lowest BCUT2D eigenvalue weighted by Crippen LogP contribution is -2.36. The zero-order chi connectivity index (χ0) is 18.4. The molecule has 1 aromatic rings. The molecule has 0 saturated heterocycles. The topological polar surface area (TPSA) is 60.0 Å². The second-order valence-electron chi connectivity index (χ2n) is 7.25. The molecule has 1 aliphatic rings. The Morgan fingerprint density at radius 1 is 1.24 bits per heavy atom. The van der Waals surface area contributed by atoms with Crippen molar-refractivity contribution in [2.75, 3.05) is 33.9 Å². The fourth-order valence-corrected chi connectivity index (χ4v) is 3.04. The molecule has 25 heavy (non-hydrogen) atoms. The highest BCUT2D eigenvalue weighted by atomic mass is 16.6. The molecule has 0 aromatic heterocycles. The standard InChI is InChI=1S/C19H30N2O4/c1-19(2,3)25-18(22)20-10-6-11-21-12-9-15-14(13-21)7-8-16(23-4)17(15)24-5/h7-8H,6,9-13H2,1-5H3,(H,20,22). The van der Waals surface area contributed by atoms with E-state index in [2.05, 4.69) is 16.3 Å². The minimum absolute atomic E-state index is 0.353. The van der Waals surface area contributed by atoms with E-state index in [9.17, 15) is 4.79 Å². The molecule has 6 nitrogen and oxygen atoms in total. The summed E-state index contributed by atoms with van der Waals surface area (Å²) in [5, 5.41) is 2.81. The maximum Gasteiger partial charge on any atom is 0.407 e. The van der Waals surface area contributed by atoms with Crippen molar-refractivity contribution in [3.8, 4) is 11.5 Å². The van der Waals surface area contributed by atoms with Crippen molar-refractivity contribution in [1.82, 2.24) is 10.2 Å². The summed E-state index contributed by atoms with van der Waals surface area (Å²) in [4.78, 5) is 14.0. The Kier molecular flexibility index (Phi) is 6.53. The lowest BCUT2D eigenvalue weighted by Gasteiger charge is -2.30. The van der Waals surface area contributed by atoms with E-state index in [-0.39, 0.29) is 6.09 Å². The molecule has 0 fully saturated rings. The van der Waals surface area contributed by atoms with E-state index in [4.69, 9.17) is 14.2 Å². The number of nitrogens with one attached hydrogen (secondary N) is 1. The van der Waals surface area contributed by atoms with Crippen molar-refractivity contribution in [2.24, 2.45) is 0 Å². The molecule has 1 aromatic carbocycles. The zero-order valence-electron chi connectivity index (χ0n) is 16.0. The third kappa shape index (κ3) is 5.53. The Balaban J connectivity index is 1.81. The van der Waals surface area contributed by atoms with Gasteiger partial charge in [0.25, 0.3) is 0 Å². The Bertz CT molecular complexity index is 596. The number of benzene rings is 1. The van der Waals surface area contributed by atoms with Crippen molar-refractivity contribution >= 4 is 6.09 Å². The molecule has 0 atom stereocenters. The van der Waals surface area contributed by atoms with Crippen molar-refractivity contribution in [3.63, 3.8) is 0 Å². The summed E-state index contributed by atoms with van der Waals surface area (Å²) in [5.41, 5.74) is 2.06. The predicted octanol–water partition coefficient (Wildman–Crippen LogP) is 2.98. The van der Waals surface area contributed by atoms with Crippen LogP contribution in [0.5, 0.6) is 11.5 Å². The average molecular weight is 350 g/mol. The van der Waals surface area contributed by atoms with Gasteiger partial charge in [-0.15, -0.1) is 0 Å². The number of hydrogen-bond donors (Lipinski definition) is 1. The van der Waals surface area contributed by atoms with Gasteiger partial charge in [-0.25, -0.2) is 4.79 Å². The van der Waals surface area contributed by atoms with Gasteiger partial charge in [-0.05, 0) is 45.2 Å². The van der Waals surface area contributed by atoms with Crippen molar-refractivity contribution < 1.29 is 19.0 Å². The highest BCUT2D eigenvalue weighted by Gasteiger charge is 2.22. The predicted molar refractivity (Wildman–Crippen MR) is 97.4 cm³/mol. The quantitative estimate of drug-likeness (QED) is 0.799. The molecule has 2 rings (SSSR count). The summed E-state index contributed by atoms with van der Waals surface area (Å²) in [5.74, 6) is 1.64. The normalized spacial score (nSPS) is 14.6. The van der Waals surface area contributed by atoms with Gasteiger partial charge >= 0.3 is 6.09 Å². The van der Waals surface area contributed by atoms with Crippen LogP contribution in [0.4, 0.5) is 4.79 Å². The number of methoxy groups -OCH3 is 2. The first-order chi connectivity index (χ1) is 11.8. The van der Waals surface area contributed by atoms with Crippen LogP contribution in [-0.2, 0) is 17.7 Å². The maximum absolute atomic E-state index is 11.6. The number of rotatable bonds is 6. The fraction of sp³-hybridized carbons (Fsp3) is 0.632. The first kappa shape index (κ1) is 19.4. The zero-order valence-corrected chi connectivity index (χ0v) is 16.0. The molecule has 1 amide bonds. The van der Waals surface area contributed by atoms with E-state index in [1.54, 1.807) is 14.2 Å². The monoisotopic (exact) mass is 350 g/mol. The molecule has 0 aliphatic carbocycles. The van der Waals surface area contributed by atoms with Gasteiger partial charge in [0.15, 0.2) is 11.5 Å². The summed E-state index contributed by atoms with van der Waals surface area (Å²) in [7, 11) is 3.35. The summed E-state index contributed by atoms with van der Waals surface area (Å²) < 4.78 is 16.1. The largest absolute Gasteiger partial charge is 0.493 e. The molecule has 0 radical (unpaired) electrons. The minimum atomic E-state index is -0.458. The Hall–Kier alpha value is -1.95. The van der Waals surface area contributed by atoms with E-state index in [0.717, 1.165) is 44.0 Å². The molecule has 0 unspecified atom stereocenters. The third-order valence-electron chi connectivity index (χ3n) is 4.14. The van der Waals surface area contributed by atoms with Crippen molar-refractivity contribution in [2.45, 2.75) is 45.8 Å². The molecule has 6 heteroatoms. The van der Waals surface area contributed by atoms with Crippen LogP contribution in [-0.4, -0.2) is 50.4 Å². The Morgan fingerprint density at radius 2 is 2.00 bits per heavy atom.